The predicted octanol–water partition coefficient (Wildman–Crippen LogP) is 1.50. The summed E-state index contributed by atoms with van der Waals surface area (Å²) >= 11 is 0. The van der Waals surface area contributed by atoms with Crippen LogP contribution in [0.3, 0.4) is 0 Å². The minimum absolute atomic E-state index is 0.333. The van der Waals surface area contributed by atoms with Crippen LogP contribution in [0, 0.1) is 6.92 Å². The highest BCUT2D eigenvalue weighted by atomic mass is 16.7. The van der Waals surface area contributed by atoms with E-state index in [9.17, 15) is 4.79 Å². The molecule has 0 spiro atoms. The number of methoxy groups -OCH3 is 2. The normalized spacial score (nSPS) is 17.4. The number of ether oxygens (including phenoxy) is 2. The van der Waals surface area contributed by atoms with E-state index in [4.69, 9.17) is 14.6 Å². The second-order valence-corrected chi connectivity index (χ2v) is 4.48. The monoisotopic (exact) mass is 251 g/mol. The summed E-state index contributed by atoms with van der Waals surface area (Å²) in [4.78, 5) is 13.1. The van der Waals surface area contributed by atoms with Gasteiger partial charge in [0.05, 0.1) is 18.7 Å². The Balaban J connectivity index is 2.17. The van der Waals surface area contributed by atoms with Crippen LogP contribution in [0.1, 0.15) is 15.9 Å². The van der Waals surface area contributed by atoms with Crippen LogP contribution in [0.15, 0.2) is 18.2 Å². The Kier molecular flexibility index (Phi) is 3.28. The van der Waals surface area contributed by atoms with E-state index in [1.165, 1.54) is 0 Å². The summed E-state index contributed by atoms with van der Waals surface area (Å²) in [6.45, 7) is 2.99. The van der Waals surface area contributed by atoms with Gasteiger partial charge in [0, 0.05) is 19.9 Å². The third-order valence-electron chi connectivity index (χ3n) is 3.42. The molecule has 0 atom stereocenters. The number of aryl methyl sites for hydroxylation is 1. The van der Waals surface area contributed by atoms with Gasteiger partial charge >= 0.3 is 5.97 Å². The number of benzene rings is 1. The Morgan fingerprint density at radius 2 is 1.94 bits per heavy atom. The molecule has 1 aromatic rings. The summed E-state index contributed by atoms with van der Waals surface area (Å²) in [5, 5.41) is 9.09. The van der Waals surface area contributed by atoms with Crippen LogP contribution in [0.5, 0.6) is 0 Å². The first kappa shape index (κ1) is 12.9. The van der Waals surface area contributed by atoms with E-state index < -0.39 is 11.8 Å². The van der Waals surface area contributed by atoms with Gasteiger partial charge < -0.3 is 19.5 Å². The van der Waals surface area contributed by atoms with Crippen molar-refractivity contribution in [2.45, 2.75) is 12.7 Å². The quantitative estimate of drug-likeness (QED) is 0.822. The van der Waals surface area contributed by atoms with Gasteiger partial charge in [-0.1, -0.05) is 6.07 Å². The van der Waals surface area contributed by atoms with Crippen LogP contribution in [-0.2, 0) is 9.47 Å². The molecule has 5 nitrogen and oxygen atoms in total. The fourth-order valence-electron chi connectivity index (χ4n) is 2.10. The van der Waals surface area contributed by atoms with Crippen LogP contribution in [0.2, 0.25) is 0 Å². The van der Waals surface area contributed by atoms with E-state index in [2.05, 4.69) is 0 Å². The Hall–Kier alpha value is -1.59. The molecule has 0 aliphatic carbocycles. The third kappa shape index (κ3) is 2.07. The lowest BCUT2D eigenvalue weighted by atomic mass is 10.0. The SMILES string of the molecule is COC1(OC)CN(c2ccc(C)c(C(=O)O)c2)C1. The number of carboxylic acid groups (broad SMARTS) is 1. The van der Waals surface area contributed by atoms with E-state index >= 15 is 0 Å². The average molecular weight is 251 g/mol. The van der Waals surface area contributed by atoms with Gasteiger partial charge in [-0.2, -0.15) is 0 Å². The van der Waals surface area contributed by atoms with Crippen molar-refractivity contribution in [3.8, 4) is 0 Å². The smallest absolute Gasteiger partial charge is 0.336 e. The molecule has 1 fully saturated rings. The average Bonchev–Trinajstić information content (AvgIpc) is 2.30. The van der Waals surface area contributed by atoms with Crippen LogP contribution in [0.4, 0.5) is 5.69 Å². The van der Waals surface area contributed by atoms with E-state index in [-0.39, 0.29) is 0 Å². The Morgan fingerprint density at radius 1 is 1.33 bits per heavy atom. The van der Waals surface area contributed by atoms with Crippen molar-refractivity contribution < 1.29 is 19.4 Å². The lowest BCUT2D eigenvalue weighted by Crippen LogP contribution is -2.64. The molecule has 0 radical (unpaired) electrons. The molecule has 1 N–H and O–H groups in total. The lowest BCUT2D eigenvalue weighted by Gasteiger charge is -2.48. The van der Waals surface area contributed by atoms with Gasteiger partial charge in [-0.15, -0.1) is 0 Å². The highest BCUT2D eigenvalue weighted by Gasteiger charge is 2.44. The van der Waals surface area contributed by atoms with Crippen LogP contribution < -0.4 is 4.90 Å². The molecule has 18 heavy (non-hydrogen) atoms. The molecule has 0 aromatic heterocycles. The van der Waals surface area contributed by atoms with Crippen molar-refractivity contribution in [3.05, 3.63) is 29.3 Å². The Labute approximate surface area is 106 Å². The van der Waals surface area contributed by atoms with Gasteiger partial charge in [0.2, 0.25) is 5.79 Å². The zero-order valence-corrected chi connectivity index (χ0v) is 10.8. The molecule has 1 aliphatic rings. The van der Waals surface area contributed by atoms with Crippen molar-refractivity contribution in [2.24, 2.45) is 0 Å². The summed E-state index contributed by atoms with van der Waals surface area (Å²) in [6, 6.07) is 5.42. The molecular weight excluding hydrogens is 234 g/mol. The van der Waals surface area contributed by atoms with Crippen molar-refractivity contribution in [3.63, 3.8) is 0 Å². The maximum atomic E-state index is 11.1. The zero-order chi connectivity index (χ0) is 13.3. The zero-order valence-electron chi connectivity index (χ0n) is 10.8. The van der Waals surface area contributed by atoms with Gasteiger partial charge in [0.15, 0.2) is 0 Å². The van der Waals surface area contributed by atoms with Crippen LogP contribution >= 0.6 is 0 Å². The lowest BCUT2D eigenvalue weighted by molar-refractivity contribution is -0.219. The summed E-state index contributed by atoms with van der Waals surface area (Å²) < 4.78 is 10.6. The van der Waals surface area contributed by atoms with Gasteiger partial charge in [0.25, 0.3) is 0 Å². The van der Waals surface area contributed by atoms with Crippen LogP contribution in [0.25, 0.3) is 0 Å². The number of hydrogen-bond acceptors (Lipinski definition) is 4. The largest absolute Gasteiger partial charge is 0.478 e. The molecule has 1 aliphatic heterocycles. The summed E-state index contributed by atoms with van der Waals surface area (Å²) in [5.41, 5.74) is 1.97. The number of carboxylic acids is 1. The standard InChI is InChI=1S/C13H17NO4/c1-9-4-5-10(6-11(9)12(15)16)14-7-13(8-14,17-2)18-3/h4-6H,7-8H2,1-3H3,(H,15,16). The Bertz CT molecular complexity index is 460. The number of carbonyl (C=O) groups is 1. The van der Waals surface area contributed by atoms with Crippen molar-refractivity contribution in [1.29, 1.82) is 0 Å². The summed E-state index contributed by atoms with van der Waals surface area (Å²) in [7, 11) is 3.22. The van der Waals surface area contributed by atoms with E-state index in [0.717, 1.165) is 11.3 Å². The van der Waals surface area contributed by atoms with E-state index in [0.29, 0.717) is 18.7 Å². The number of anilines is 1. The van der Waals surface area contributed by atoms with Gasteiger partial charge in [-0.05, 0) is 24.6 Å². The molecule has 5 heteroatoms. The number of aromatic carboxylic acids is 1. The topological polar surface area (TPSA) is 59.0 Å². The van der Waals surface area contributed by atoms with Gasteiger partial charge in [0.1, 0.15) is 0 Å². The molecule has 1 saturated heterocycles. The fourth-order valence-corrected chi connectivity index (χ4v) is 2.10. The minimum atomic E-state index is -0.903. The number of nitrogens with zero attached hydrogens (tertiary/aromatic N) is 1. The summed E-state index contributed by atoms with van der Waals surface area (Å²) in [5.74, 6) is -1.46. The molecule has 1 aromatic carbocycles. The Morgan fingerprint density at radius 3 is 2.44 bits per heavy atom. The maximum Gasteiger partial charge on any atom is 0.336 e. The van der Waals surface area contributed by atoms with Gasteiger partial charge in [-0.25, -0.2) is 4.79 Å². The van der Waals surface area contributed by atoms with E-state index in [1.54, 1.807) is 27.2 Å². The molecule has 0 amide bonds. The molecule has 0 bridgehead atoms. The number of rotatable bonds is 4. The molecule has 2 rings (SSSR count). The highest BCUT2D eigenvalue weighted by Crippen LogP contribution is 2.31. The molecule has 98 valence electrons. The first-order valence-corrected chi connectivity index (χ1v) is 5.70. The number of hydrogen-bond donors (Lipinski definition) is 1. The predicted molar refractivity (Wildman–Crippen MR) is 67.1 cm³/mol. The van der Waals surface area contributed by atoms with Crippen LogP contribution in [-0.4, -0.2) is 44.2 Å². The second kappa shape index (κ2) is 4.59. The van der Waals surface area contributed by atoms with Crippen molar-refractivity contribution in [1.82, 2.24) is 0 Å². The van der Waals surface area contributed by atoms with Crippen molar-refractivity contribution >= 4 is 11.7 Å². The third-order valence-corrected chi connectivity index (χ3v) is 3.42. The molecule has 0 unspecified atom stereocenters. The molecule has 0 saturated carbocycles. The highest BCUT2D eigenvalue weighted by molar-refractivity contribution is 5.90. The van der Waals surface area contributed by atoms with Gasteiger partial charge in [-0.3, -0.25) is 0 Å². The fraction of sp³-hybridized carbons (Fsp3) is 0.462. The first-order chi connectivity index (χ1) is 8.51. The summed E-state index contributed by atoms with van der Waals surface area (Å²) in [6.07, 6.45) is 0. The van der Waals surface area contributed by atoms with E-state index in [1.807, 2.05) is 17.0 Å². The maximum absolute atomic E-state index is 11.1. The first-order valence-electron chi connectivity index (χ1n) is 5.70. The molecule has 1 heterocycles. The second-order valence-electron chi connectivity index (χ2n) is 4.48. The minimum Gasteiger partial charge on any atom is -0.478 e. The molecular formula is C13H17NO4. The van der Waals surface area contributed by atoms with Crippen molar-refractivity contribution in [2.75, 3.05) is 32.2 Å².